The number of esters is 1. The summed E-state index contributed by atoms with van der Waals surface area (Å²) in [5, 5.41) is 4.13. The van der Waals surface area contributed by atoms with Gasteiger partial charge in [0, 0.05) is 15.9 Å². The van der Waals surface area contributed by atoms with Crippen molar-refractivity contribution in [2.45, 2.75) is 114 Å². The smallest absolute Gasteiger partial charge is 0.305 e. The average Bonchev–Trinajstić information content (AvgIpc) is 2.92. The van der Waals surface area contributed by atoms with Gasteiger partial charge in [0.25, 0.3) is 0 Å². The van der Waals surface area contributed by atoms with E-state index in [2.05, 4.69) is 67.6 Å². The van der Waals surface area contributed by atoms with E-state index in [1.165, 1.54) is 90.2 Å². The van der Waals surface area contributed by atoms with E-state index in [1.54, 1.807) is 10.4 Å². The lowest BCUT2D eigenvalue weighted by Gasteiger charge is -2.27. The highest BCUT2D eigenvalue weighted by molar-refractivity contribution is 6.91. The predicted molar refractivity (Wildman–Crippen MR) is 163 cm³/mol. The lowest BCUT2D eigenvalue weighted by molar-refractivity contribution is -0.140. The molecule has 0 fully saturated rings. The molecule has 0 N–H and O–H groups in total. The molecule has 1 unspecified atom stereocenters. The maximum atomic E-state index is 11.5. The van der Waals surface area contributed by atoms with Crippen LogP contribution in [0.1, 0.15) is 103 Å². The summed E-state index contributed by atoms with van der Waals surface area (Å²) in [7, 11) is 0.0892. The van der Waals surface area contributed by atoms with Gasteiger partial charge in [-0.25, -0.2) is 0 Å². The van der Waals surface area contributed by atoms with E-state index in [9.17, 15) is 4.79 Å². The number of benzene rings is 2. The molecule has 1 atom stereocenters. The van der Waals surface area contributed by atoms with Gasteiger partial charge in [-0.05, 0) is 11.6 Å². The SMILES string of the molecule is CCCCCCCCCCCC[SiH2]C(CCCCCC(=O)OC)[SiH](c1ccccc1)c1ccccc1. The minimum atomic E-state index is -1.26. The van der Waals surface area contributed by atoms with Crippen molar-refractivity contribution in [3.8, 4) is 0 Å². The lowest BCUT2D eigenvalue weighted by Crippen LogP contribution is -2.47. The Kier molecular flexibility index (Phi) is 17.3. The number of rotatable bonds is 21. The molecular formula is C32H52O2Si2. The number of carbonyl (C=O) groups excluding carboxylic acids is 1. The third-order valence-electron chi connectivity index (χ3n) is 7.65. The van der Waals surface area contributed by atoms with Gasteiger partial charge in [-0.3, -0.25) is 4.79 Å². The summed E-state index contributed by atoms with van der Waals surface area (Å²) in [6.45, 7) is 2.30. The molecule has 0 saturated carbocycles. The Morgan fingerprint density at radius 2 is 1.22 bits per heavy atom. The van der Waals surface area contributed by atoms with E-state index in [4.69, 9.17) is 4.74 Å². The Bertz CT molecular complexity index is 742. The van der Waals surface area contributed by atoms with Gasteiger partial charge in [-0.2, -0.15) is 0 Å². The van der Waals surface area contributed by atoms with Crippen LogP contribution >= 0.6 is 0 Å². The predicted octanol–water partition coefficient (Wildman–Crippen LogP) is 6.99. The van der Waals surface area contributed by atoms with Crippen LogP contribution in [-0.2, 0) is 9.53 Å². The van der Waals surface area contributed by atoms with Crippen molar-refractivity contribution in [1.82, 2.24) is 0 Å². The van der Waals surface area contributed by atoms with E-state index in [-0.39, 0.29) is 15.5 Å². The fraction of sp³-hybridized carbons (Fsp3) is 0.594. The molecule has 2 rings (SSSR count). The molecule has 0 radical (unpaired) electrons. The van der Waals surface area contributed by atoms with Crippen LogP contribution in [0.5, 0.6) is 0 Å². The van der Waals surface area contributed by atoms with Crippen molar-refractivity contribution < 1.29 is 9.53 Å². The minimum Gasteiger partial charge on any atom is -0.469 e. The van der Waals surface area contributed by atoms with Crippen LogP contribution in [0.2, 0.25) is 11.2 Å². The van der Waals surface area contributed by atoms with Crippen LogP contribution in [-0.4, -0.2) is 31.4 Å². The van der Waals surface area contributed by atoms with Crippen LogP contribution in [0, 0.1) is 0 Å². The van der Waals surface area contributed by atoms with Crippen LogP contribution in [0.25, 0.3) is 0 Å². The Labute approximate surface area is 226 Å². The third-order valence-corrected chi connectivity index (χ3v) is 15.6. The molecule has 0 amide bonds. The monoisotopic (exact) mass is 524 g/mol. The molecule has 2 nitrogen and oxygen atoms in total. The lowest BCUT2D eigenvalue weighted by atomic mass is 10.1. The number of carbonyl (C=O) groups is 1. The van der Waals surface area contributed by atoms with Gasteiger partial charge in [-0.15, -0.1) is 0 Å². The standard InChI is InChI=1S/C32H52O2Si2/c1-3-4-5-6-7-8-9-10-11-21-28-35-32(27-20-14-19-26-31(33)34-2)36(29-22-15-12-16-23-29)30-24-17-13-18-25-30/h12-13,15-18,22-25,32,36H,3-11,14,19-21,26-28,35H2,1-2H3. The summed E-state index contributed by atoms with van der Waals surface area (Å²) in [4.78, 5) is 11.5. The molecule has 0 bridgehead atoms. The zero-order valence-corrected chi connectivity index (χ0v) is 25.8. The Morgan fingerprint density at radius 1 is 0.722 bits per heavy atom. The number of unbranched alkanes of at least 4 members (excludes halogenated alkanes) is 11. The van der Waals surface area contributed by atoms with Crippen molar-refractivity contribution >= 4 is 34.7 Å². The molecule has 0 aliphatic rings. The number of ether oxygens (including phenoxy) is 1. The van der Waals surface area contributed by atoms with E-state index < -0.39 is 8.80 Å². The molecule has 200 valence electrons. The van der Waals surface area contributed by atoms with Crippen LogP contribution in [0.3, 0.4) is 0 Å². The molecule has 0 heterocycles. The summed E-state index contributed by atoms with van der Waals surface area (Å²) in [5.41, 5.74) is 0. The highest BCUT2D eigenvalue weighted by Gasteiger charge is 2.26. The summed E-state index contributed by atoms with van der Waals surface area (Å²) < 4.78 is 4.83. The fourth-order valence-corrected chi connectivity index (χ4v) is 14.3. The van der Waals surface area contributed by atoms with Gasteiger partial charge < -0.3 is 4.74 Å². The first-order valence-electron chi connectivity index (χ1n) is 14.9. The quantitative estimate of drug-likeness (QED) is 0.0999. The van der Waals surface area contributed by atoms with Gasteiger partial charge >= 0.3 is 5.97 Å². The van der Waals surface area contributed by atoms with E-state index in [0.29, 0.717) is 6.42 Å². The second-order valence-electron chi connectivity index (χ2n) is 10.6. The molecule has 36 heavy (non-hydrogen) atoms. The molecule has 2 aromatic rings. The number of hydrogen-bond acceptors (Lipinski definition) is 2. The average molecular weight is 525 g/mol. The first-order valence-corrected chi connectivity index (χ1v) is 18.6. The van der Waals surface area contributed by atoms with E-state index in [0.717, 1.165) is 18.0 Å². The van der Waals surface area contributed by atoms with Crippen molar-refractivity contribution in [2.24, 2.45) is 0 Å². The largest absolute Gasteiger partial charge is 0.469 e. The summed E-state index contributed by atoms with van der Waals surface area (Å²) in [5.74, 6) is -0.0669. The third kappa shape index (κ3) is 13.1. The van der Waals surface area contributed by atoms with Crippen molar-refractivity contribution in [2.75, 3.05) is 7.11 Å². The highest BCUT2D eigenvalue weighted by atomic mass is 28.3. The Morgan fingerprint density at radius 3 is 1.75 bits per heavy atom. The highest BCUT2D eigenvalue weighted by Crippen LogP contribution is 2.22. The molecule has 2 aromatic carbocycles. The fourth-order valence-electron chi connectivity index (χ4n) is 5.56. The normalized spacial score (nSPS) is 12.4. The maximum absolute atomic E-state index is 11.5. The van der Waals surface area contributed by atoms with Crippen LogP contribution in [0.15, 0.2) is 60.7 Å². The number of hydrogen-bond donors (Lipinski definition) is 0. The second-order valence-corrected chi connectivity index (χ2v) is 17.1. The molecule has 4 heteroatoms. The molecule has 0 saturated heterocycles. The topological polar surface area (TPSA) is 26.3 Å². The summed E-state index contributed by atoms with van der Waals surface area (Å²) in [6.07, 6.45) is 19.5. The molecule has 0 aromatic heterocycles. The van der Waals surface area contributed by atoms with Gasteiger partial charge in [0.05, 0.1) is 7.11 Å². The van der Waals surface area contributed by atoms with Gasteiger partial charge in [0.15, 0.2) is 0 Å². The van der Waals surface area contributed by atoms with Crippen LogP contribution < -0.4 is 10.4 Å². The first kappa shape index (κ1) is 30.6. The molecule has 0 aliphatic carbocycles. The Hall–Kier alpha value is -1.66. The first-order chi connectivity index (χ1) is 17.8. The van der Waals surface area contributed by atoms with Crippen molar-refractivity contribution in [3.63, 3.8) is 0 Å². The second kappa shape index (κ2) is 20.4. The summed E-state index contributed by atoms with van der Waals surface area (Å²) >= 11 is 0. The number of methoxy groups -OCH3 is 1. The van der Waals surface area contributed by atoms with Crippen molar-refractivity contribution in [3.05, 3.63) is 60.7 Å². The van der Waals surface area contributed by atoms with Gasteiger partial charge in [0.1, 0.15) is 8.80 Å². The molecule has 0 spiro atoms. The van der Waals surface area contributed by atoms with Gasteiger partial charge in [0.2, 0.25) is 0 Å². The van der Waals surface area contributed by atoms with Gasteiger partial charge in [-0.1, -0.05) is 167 Å². The zero-order valence-electron chi connectivity index (χ0n) is 23.3. The zero-order chi connectivity index (χ0) is 25.7. The molecule has 0 aliphatic heterocycles. The maximum Gasteiger partial charge on any atom is 0.305 e. The van der Waals surface area contributed by atoms with E-state index >= 15 is 0 Å². The van der Waals surface area contributed by atoms with E-state index in [1.807, 2.05) is 0 Å². The van der Waals surface area contributed by atoms with Crippen LogP contribution in [0.4, 0.5) is 0 Å². The Balaban J connectivity index is 1.88. The molecular weight excluding hydrogens is 473 g/mol. The summed E-state index contributed by atoms with van der Waals surface area (Å²) in [6, 6.07) is 24.3. The minimum absolute atomic E-state index is 0.0669. The van der Waals surface area contributed by atoms with Crippen molar-refractivity contribution in [1.29, 1.82) is 0 Å².